The van der Waals surface area contributed by atoms with E-state index in [9.17, 15) is 19.5 Å². The van der Waals surface area contributed by atoms with E-state index in [0.717, 1.165) is 27.4 Å². The minimum Gasteiger partial charge on any atom is -0.391 e. The zero-order chi connectivity index (χ0) is 28.3. The zero-order valence-corrected chi connectivity index (χ0v) is 23.8. The Hall–Kier alpha value is -3.57. The largest absolute Gasteiger partial charge is 0.391 e. The van der Waals surface area contributed by atoms with Crippen molar-refractivity contribution in [1.82, 2.24) is 30.3 Å². The summed E-state index contributed by atoms with van der Waals surface area (Å²) < 4.78 is 1.61. The third kappa shape index (κ3) is 6.72. The van der Waals surface area contributed by atoms with Crippen molar-refractivity contribution in [3.8, 4) is 10.4 Å². The van der Waals surface area contributed by atoms with Crippen molar-refractivity contribution in [3.63, 3.8) is 0 Å². The van der Waals surface area contributed by atoms with E-state index >= 15 is 0 Å². The van der Waals surface area contributed by atoms with Crippen LogP contribution in [0, 0.1) is 12.3 Å². The Bertz CT molecular complexity index is 1330. The first-order chi connectivity index (χ1) is 18.4. The van der Waals surface area contributed by atoms with Gasteiger partial charge in [0.25, 0.3) is 0 Å². The summed E-state index contributed by atoms with van der Waals surface area (Å²) in [5.41, 5.74) is 4.88. The predicted octanol–water partition coefficient (Wildman–Crippen LogP) is 2.20. The molecule has 3 amide bonds. The number of likely N-dealkylation sites (tertiary alicyclic amines) is 1. The molecule has 208 valence electrons. The van der Waals surface area contributed by atoms with E-state index in [1.165, 1.54) is 4.90 Å². The predicted molar refractivity (Wildman–Crippen MR) is 149 cm³/mol. The normalized spacial score (nSPS) is 18.2. The summed E-state index contributed by atoms with van der Waals surface area (Å²) in [6, 6.07) is 7.95. The summed E-state index contributed by atoms with van der Waals surface area (Å²) in [6.07, 6.45) is 1.00. The van der Waals surface area contributed by atoms with Crippen molar-refractivity contribution in [2.75, 3.05) is 6.54 Å². The summed E-state index contributed by atoms with van der Waals surface area (Å²) in [5, 5.41) is 20.2. The van der Waals surface area contributed by atoms with Crippen LogP contribution in [0.5, 0.6) is 0 Å². The van der Waals surface area contributed by atoms with Crippen LogP contribution in [-0.4, -0.2) is 67.2 Å². The number of aliphatic hydroxyl groups is 1. The first kappa shape index (κ1) is 28.4. The maximum absolute atomic E-state index is 13.7. The Morgan fingerprint density at radius 1 is 1.18 bits per heavy atom. The fourth-order valence-electron chi connectivity index (χ4n) is 4.73. The molecule has 1 aromatic carbocycles. The minimum absolute atomic E-state index is 0.0317. The molecule has 3 heterocycles. The maximum Gasteiger partial charge on any atom is 0.246 e. The highest BCUT2D eigenvalue weighted by atomic mass is 32.1. The Kier molecular flexibility index (Phi) is 8.51. The van der Waals surface area contributed by atoms with E-state index < -0.39 is 23.6 Å². The summed E-state index contributed by atoms with van der Waals surface area (Å²) in [4.78, 5) is 46.6. The van der Waals surface area contributed by atoms with E-state index in [2.05, 4.69) is 20.7 Å². The molecule has 1 aliphatic heterocycles. The van der Waals surface area contributed by atoms with Gasteiger partial charge in [-0.2, -0.15) is 5.10 Å². The van der Waals surface area contributed by atoms with Gasteiger partial charge in [-0.25, -0.2) is 4.98 Å². The van der Waals surface area contributed by atoms with E-state index in [4.69, 9.17) is 0 Å². The van der Waals surface area contributed by atoms with Gasteiger partial charge in [0.15, 0.2) is 0 Å². The number of carbonyl (C=O) groups is 3. The number of benzene rings is 1. The van der Waals surface area contributed by atoms with Crippen molar-refractivity contribution in [3.05, 3.63) is 59.0 Å². The third-order valence-electron chi connectivity index (χ3n) is 6.98. The molecule has 3 aromatic rings. The first-order valence-corrected chi connectivity index (χ1v) is 13.8. The average molecular weight is 553 g/mol. The van der Waals surface area contributed by atoms with Crippen LogP contribution >= 0.6 is 11.3 Å². The van der Waals surface area contributed by atoms with Gasteiger partial charge in [0.1, 0.15) is 12.1 Å². The van der Waals surface area contributed by atoms with E-state index in [-0.39, 0.29) is 37.1 Å². The standard InChI is InChI=1S/C28H36N6O4S/c1-17-24(39-16-30-17)19-8-6-18(7-9-19)14-29-26(37)22-13-21(35)15-34(22)27(38)25(28(2,3)4)32-23(36)12-20-10-11-31-33(20)5/h6-11,16,21-22,25,35H,12-15H2,1-5H3,(H,29,37)(H,32,36)/t21-,22+,25-/m1/s1. The van der Waals surface area contributed by atoms with Crippen molar-refractivity contribution in [1.29, 1.82) is 0 Å². The molecule has 1 saturated heterocycles. The lowest BCUT2D eigenvalue weighted by atomic mass is 9.85. The number of aromatic nitrogens is 3. The number of hydrogen-bond donors (Lipinski definition) is 3. The molecule has 3 N–H and O–H groups in total. The number of rotatable bonds is 8. The second-order valence-electron chi connectivity index (χ2n) is 11.1. The molecule has 0 spiro atoms. The Balaban J connectivity index is 1.41. The van der Waals surface area contributed by atoms with Crippen molar-refractivity contribution in [2.45, 2.75) is 65.3 Å². The summed E-state index contributed by atoms with van der Waals surface area (Å²) >= 11 is 1.58. The quantitative estimate of drug-likeness (QED) is 0.393. The van der Waals surface area contributed by atoms with Gasteiger partial charge in [-0.3, -0.25) is 19.1 Å². The molecule has 0 radical (unpaired) electrons. The number of aliphatic hydroxyl groups excluding tert-OH is 1. The second kappa shape index (κ2) is 11.7. The summed E-state index contributed by atoms with van der Waals surface area (Å²) in [7, 11) is 1.75. The fraction of sp³-hybridized carbons (Fsp3) is 0.464. The highest BCUT2D eigenvalue weighted by Crippen LogP contribution is 2.28. The van der Waals surface area contributed by atoms with Gasteiger partial charge in [-0.1, -0.05) is 45.0 Å². The lowest BCUT2D eigenvalue weighted by Gasteiger charge is -2.35. The maximum atomic E-state index is 13.7. The molecule has 1 fully saturated rings. The molecule has 0 saturated carbocycles. The SMILES string of the molecule is Cc1ncsc1-c1ccc(CNC(=O)[C@@H]2C[C@@H](O)CN2C(=O)[C@@H](NC(=O)Cc2ccnn2C)C(C)(C)C)cc1. The molecule has 10 nitrogen and oxygen atoms in total. The first-order valence-electron chi connectivity index (χ1n) is 13.0. The number of thiazole rings is 1. The van der Waals surface area contributed by atoms with Crippen LogP contribution in [0.25, 0.3) is 10.4 Å². The number of nitrogens with zero attached hydrogens (tertiary/aromatic N) is 4. The van der Waals surface area contributed by atoms with Crippen LogP contribution in [-0.2, 0) is 34.4 Å². The Labute approximate surface area is 232 Å². The zero-order valence-electron chi connectivity index (χ0n) is 23.0. The molecule has 11 heteroatoms. The molecule has 3 atom stereocenters. The number of carbonyl (C=O) groups excluding carboxylic acids is 3. The average Bonchev–Trinajstić information content (AvgIpc) is 3.60. The molecule has 39 heavy (non-hydrogen) atoms. The monoisotopic (exact) mass is 552 g/mol. The van der Waals surface area contributed by atoms with Crippen LogP contribution < -0.4 is 10.6 Å². The van der Waals surface area contributed by atoms with Gasteiger partial charge in [-0.05, 0) is 29.5 Å². The number of β-amino-alcohol motifs (C(OH)–C–C–N with tert-alkyl or cyclic N) is 1. The second-order valence-corrected chi connectivity index (χ2v) is 11.9. The van der Waals surface area contributed by atoms with Crippen molar-refractivity contribution < 1.29 is 19.5 Å². The van der Waals surface area contributed by atoms with E-state index in [0.29, 0.717) is 6.54 Å². The van der Waals surface area contributed by atoms with E-state index in [1.54, 1.807) is 35.3 Å². The summed E-state index contributed by atoms with van der Waals surface area (Å²) in [5.74, 6) is -1.04. The number of aryl methyl sites for hydroxylation is 2. The van der Waals surface area contributed by atoms with Gasteiger partial charge in [0, 0.05) is 38.4 Å². The van der Waals surface area contributed by atoms with Gasteiger partial charge >= 0.3 is 0 Å². The molecule has 1 aliphatic rings. The lowest BCUT2D eigenvalue weighted by molar-refractivity contribution is -0.144. The molecule has 0 aliphatic carbocycles. The van der Waals surface area contributed by atoms with Gasteiger partial charge in [0.2, 0.25) is 17.7 Å². The highest BCUT2D eigenvalue weighted by Gasteiger charge is 2.44. The summed E-state index contributed by atoms with van der Waals surface area (Å²) in [6.45, 7) is 7.87. The molecule has 0 bridgehead atoms. The van der Waals surface area contributed by atoms with Crippen molar-refractivity contribution in [2.24, 2.45) is 12.5 Å². The minimum atomic E-state index is -0.874. The van der Waals surface area contributed by atoms with E-state index in [1.807, 2.05) is 57.5 Å². The van der Waals surface area contributed by atoms with Crippen LogP contribution in [0.4, 0.5) is 0 Å². The third-order valence-corrected chi connectivity index (χ3v) is 7.95. The Morgan fingerprint density at radius 3 is 2.49 bits per heavy atom. The van der Waals surface area contributed by atoms with Gasteiger partial charge in [-0.15, -0.1) is 11.3 Å². The molecule has 4 rings (SSSR count). The topological polar surface area (TPSA) is 129 Å². The highest BCUT2D eigenvalue weighted by molar-refractivity contribution is 7.13. The van der Waals surface area contributed by atoms with Crippen LogP contribution in [0.1, 0.15) is 44.1 Å². The molecule has 0 unspecified atom stereocenters. The molecular weight excluding hydrogens is 516 g/mol. The Morgan fingerprint density at radius 2 is 1.90 bits per heavy atom. The molecule has 2 aromatic heterocycles. The lowest BCUT2D eigenvalue weighted by Crippen LogP contribution is -2.58. The number of nitrogens with one attached hydrogen (secondary N) is 2. The van der Waals surface area contributed by atoms with Crippen LogP contribution in [0.3, 0.4) is 0 Å². The van der Waals surface area contributed by atoms with Crippen molar-refractivity contribution >= 4 is 29.1 Å². The number of amides is 3. The van der Waals surface area contributed by atoms with Gasteiger partial charge in [0.05, 0.1) is 28.6 Å². The van der Waals surface area contributed by atoms with Crippen LogP contribution in [0.15, 0.2) is 42.0 Å². The number of hydrogen-bond acceptors (Lipinski definition) is 7. The fourth-order valence-corrected chi connectivity index (χ4v) is 5.54. The van der Waals surface area contributed by atoms with Crippen LogP contribution in [0.2, 0.25) is 0 Å². The smallest absolute Gasteiger partial charge is 0.246 e. The van der Waals surface area contributed by atoms with Gasteiger partial charge < -0.3 is 20.6 Å². The molecular formula is C28H36N6O4S.